The zero-order valence-corrected chi connectivity index (χ0v) is 7.31. The lowest BCUT2D eigenvalue weighted by molar-refractivity contribution is -0.274. The van der Waals surface area contributed by atoms with Crippen molar-refractivity contribution in [2.45, 2.75) is 18.9 Å². The molecule has 1 atom stereocenters. The number of rotatable bonds is 2. The molecule has 68 valence electrons. The van der Waals surface area contributed by atoms with Crippen molar-refractivity contribution in [2.24, 2.45) is 0 Å². The summed E-state index contributed by atoms with van der Waals surface area (Å²) < 4.78 is 0. The third-order valence-electron chi connectivity index (χ3n) is 2.37. The van der Waals surface area contributed by atoms with Crippen molar-refractivity contribution in [3.05, 3.63) is 42.0 Å². The molecule has 0 heterocycles. The Hall–Kier alpha value is -1.12. The van der Waals surface area contributed by atoms with Gasteiger partial charge < -0.3 is 0 Å². The molecule has 2 rings (SSSR count). The molecule has 2 heteroatoms. The van der Waals surface area contributed by atoms with Gasteiger partial charge in [-0.05, 0) is 17.6 Å². The van der Waals surface area contributed by atoms with E-state index >= 15 is 0 Å². The van der Waals surface area contributed by atoms with Crippen LogP contribution in [0, 0.1) is 0 Å². The molecule has 1 aliphatic carbocycles. The van der Waals surface area contributed by atoms with E-state index < -0.39 is 0 Å². The summed E-state index contributed by atoms with van der Waals surface area (Å²) in [7, 11) is 0. The summed E-state index contributed by atoms with van der Waals surface area (Å²) in [6.45, 7) is 0. The number of hydrogen-bond acceptors (Lipinski definition) is 2. The van der Waals surface area contributed by atoms with Crippen molar-refractivity contribution in [2.75, 3.05) is 0 Å². The van der Waals surface area contributed by atoms with Crippen molar-refractivity contribution < 1.29 is 10.1 Å². The molecule has 13 heavy (non-hydrogen) atoms. The van der Waals surface area contributed by atoms with Crippen LogP contribution in [0.5, 0.6) is 0 Å². The van der Waals surface area contributed by atoms with Crippen molar-refractivity contribution in [1.82, 2.24) is 0 Å². The Balaban J connectivity index is 2.12. The summed E-state index contributed by atoms with van der Waals surface area (Å²) in [6.07, 6.45) is 3.69. The molecular weight excluding hydrogens is 164 g/mol. The molecule has 2 nitrogen and oxygen atoms in total. The van der Waals surface area contributed by atoms with Crippen molar-refractivity contribution >= 4 is 5.57 Å². The lowest BCUT2D eigenvalue weighted by atomic mass is 10.1. The molecule has 0 bridgehead atoms. The predicted octanol–water partition coefficient (Wildman–Crippen LogP) is 2.72. The van der Waals surface area contributed by atoms with Gasteiger partial charge in [0.05, 0.1) is 0 Å². The largest absolute Gasteiger partial charge is 0.252 e. The molecule has 1 aromatic rings. The SMILES string of the molecule is OOC1CC=C(c2ccccc2)C1. The van der Waals surface area contributed by atoms with Gasteiger partial charge in [-0.2, -0.15) is 0 Å². The first-order valence-electron chi connectivity index (χ1n) is 4.45. The summed E-state index contributed by atoms with van der Waals surface area (Å²) >= 11 is 0. The molecule has 0 saturated carbocycles. The van der Waals surface area contributed by atoms with E-state index in [2.05, 4.69) is 23.1 Å². The second kappa shape index (κ2) is 3.73. The Morgan fingerprint density at radius 2 is 2.00 bits per heavy atom. The smallest absolute Gasteiger partial charge is 0.100 e. The van der Waals surface area contributed by atoms with E-state index in [-0.39, 0.29) is 6.10 Å². The van der Waals surface area contributed by atoms with E-state index in [1.807, 2.05) is 18.2 Å². The monoisotopic (exact) mass is 176 g/mol. The predicted molar refractivity (Wildman–Crippen MR) is 51.2 cm³/mol. The fraction of sp³-hybridized carbons (Fsp3) is 0.273. The van der Waals surface area contributed by atoms with Crippen LogP contribution in [0.4, 0.5) is 0 Å². The van der Waals surface area contributed by atoms with Crippen molar-refractivity contribution in [3.63, 3.8) is 0 Å². The van der Waals surface area contributed by atoms with Gasteiger partial charge >= 0.3 is 0 Å². The highest BCUT2D eigenvalue weighted by Crippen LogP contribution is 2.28. The second-order valence-electron chi connectivity index (χ2n) is 3.26. The highest BCUT2D eigenvalue weighted by molar-refractivity contribution is 5.67. The van der Waals surface area contributed by atoms with Crippen LogP contribution < -0.4 is 0 Å². The summed E-state index contributed by atoms with van der Waals surface area (Å²) in [5, 5.41) is 8.50. The van der Waals surface area contributed by atoms with Crippen LogP contribution >= 0.6 is 0 Å². The van der Waals surface area contributed by atoms with Gasteiger partial charge in [0.2, 0.25) is 0 Å². The summed E-state index contributed by atoms with van der Waals surface area (Å²) in [5.41, 5.74) is 2.49. The van der Waals surface area contributed by atoms with Crippen LogP contribution in [0.25, 0.3) is 5.57 Å². The fourth-order valence-corrected chi connectivity index (χ4v) is 1.65. The quantitative estimate of drug-likeness (QED) is 0.554. The van der Waals surface area contributed by atoms with Gasteiger partial charge in [-0.3, -0.25) is 5.26 Å². The van der Waals surface area contributed by atoms with Gasteiger partial charge in [-0.1, -0.05) is 36.4 Å². The molecule has 1 unspecified atom stereocenters. The minimum atomic E-state index is -0.0461. The molecule has 0 saturated heterocycles. The number of benzene rings is 1. The Labute approximate surface area is 77.4 Å². The topological polar surface area (TPSA) is 29.5 Å². The summed E-state index contributed by atoms with van der Waals surface area (Å²) in [6, 6.07) is 10.2. The van der Waals surface area contributed by atoms with Crippen LogP contribution in [0.15, 0.2) is 36.4 Å². The molecule has 1 aliphatic rings. The van der Waals surface area contributed by atoms with E-state index in [1.54, 1.807) is 0 Å². The second-order valence-corrected chi connectivity index (χ2v) is 3.26. The van der Waals surface area contributed by atoms with Crippen LogP contribution in [-0.2, 0) is 4.89 Å². The Bertz CT molecular complexity index is 303. The molecule has 1 N–H and O–H groups in total. The highest BCUT2D eigenvalue weighted by Gasteiger charge is 2.18. The van der Waals surface area contributed by atoms with Crippen LogP contribution in [-0.4, -0.2) is 11.4 Å². The lowest BCUT2D eigenvalue weighted by Crippen LogP contribution is -2.04. The van der Waals surface area contributed by atoms with Gasteiger partial charge in [0.15, 0.2) is 0 Å². The Kier molecular flexibility index (Phi) is 2.43. The molecule has 0 aliphatic heterocycles. The molecule has 0 spiro atoms. The summed E-state index contributed by atoms with van der Waals surface area (Å²) in [5.74, 6) is 0. The molecule has 0 radical (unpaired) electrons. The van der Waals surface area contributed by atoms with Crippen molar-refractivity contribution in [1.29, 1.82) is 0 Å². The van der Waals surface area contributed by atoms with Gasteiger partial charge in [-0.25, -0.2) is 4.89 Å². The fourth-order valence-electron chi connectivity index (χ4n) is 1.65. The molecular formula is C11H12O2. The lowest BCUT2D eigenvalue weighted by Gasteiger charge is -2.05. The van der Waals surface area contributed by atoms with Gasteiger partial charge in [0.25, 0.3) is 0 Å². The van der Waals surface area contributed by atoms with E-state index in [4.69, 9.17) is 5.26 Å². The highest BCUT2D eigenvalue weighted by atomic mass is 17.1. The minimum absolute atomic E-state index is 0.0461. The van der Waals surface area contributed by atoms with E-state index in [1.165, 1.54) is 11.1 Å². The standard InChI is InChI=1S/C11H12O2/c12-13-11-7-6-10(8-11)9-4-2-1-3-5-9/h1-6,11-12H,7-8H2. The van der Waals surface area contributed by atoms with E-state index in [0.717, 1.165) is 12.8 Å². The van der Waals surface area contributed by atoms with E-state index in [0.29, 0.717) is 0 Å². The third-order valence-corrected chi connectivity index (χ3v) is 2.37. The van der Waals surface area contributed by atoms with Crippen LogP contribution in [0.1, 0.15) is 18.4 Å². The maximum Gasteiger partial charge on any atom is 0.100 e. The van der Waals surface area contributed by atoms with Gasteiger partial charge in [0.1, 0.15) is 6.10 Å². The van der Waals surface area contributed by atoms with Gasteiger partial charge in [-0.15, -0.1) is 0 Å². The third kappa shape index (κ3) is 1.79. The molecule has 0 fully saturated rings. The molecule has 1 aromatic carbocycles. The van der Waals surface area contributed by atoms with Crippen LogP contribution in [0.2, 0.25) is 0 Å². The first-order chi connectivity index (χ1) is 6.40. The molecule has 0 amide bonds. The van der Waals surface area contributed by atoms with Gasteiger partial charge in [0, 0.05) is 6.42 Å². The summed E-state index contributed by atoms with van der Waals surface area (Å²) in [4.78, 5) is 4.31. The Morgan fingerprint density at radius 1 is 1.23 bits per heavy atom. The Morgan fingerprint density at radius 3 is 2.62 bits per heavy atom. The normalized spacial score (nSPS) is 21.6. The maximum absolute atomic E-state index is 8.50. The maximum atomic E-state index is 8.50. The number of hydrogen-bond donors (Lipinski definition) is 1. The first-order valence-corrected chi connectivity index (χ1v) is 4.45. The average molecular weight is 176 g/mol. The van der Waals surface area contributed by atoms with Crippen LogP contribution in [0.3, 0.4) is 0 Å². The zero-order valence-electron chi connectivity index (χ0n) is 7.31. The average Bonchev–Trinajstić information content (AvgIpc) is 2.67. The minimum Gasteiger partial charge on any atom is -0.252 e. The molecule has 0 aromatic heterocycles. The van der Waals surface area contributed by atoms with E-state index in [9.17, 15) is 0 Å². The zero-order chi connectivity index (χ0) is 9.10. The first kappa shape index (κ1) is 8.48. The van der Waals surface area contributed by atoms with Crippen molar-refractivity contribution in [3.8, 4) is 0 Å².